The van der Waals surface area contributed by atoms with Crippen molar-refractivity contribution in [3.05, 3.63) is 71.6 Å². The molecule has 0 aliphatic carbocycles. The van der Waals surface area contributed by atoms with Crippen LogP contribution in [0, 0.1) is 0 Å². The molecular weight excluding hydrogens is 310 g/mol. The summed E-state index contributed by atoms with van der Waals surface area (Å²) in [5.41, 5.74) is 3.32. The minimum Gasteiger partial charge on any atom is -0.389 e. The fraction of sp³-hybridized carbons (Fsp3) is 0.318. The highest BCUT2D eigenvalue weighted by Crippen LogP contribution is 2.12. The van der Waals surface area contributed by atoms with E-state index >= 15 is 0 Å². The van der Waals surface area contributed by atoms with Crippen LogP contribution in [0.2, 0.25) is 0 Å². The molecule has 0 saturated carbocycles. The predicted molar refractivity (Wildman–Crippen MR) is 105 cm³/mol. The lowest BCUT2D eigenvalue weighted by atomic mass is 10.1. The van der Waals surface area contributed by atoms with Crippen LogP contribution in [0.25, 0.3) is 18.2 Å². The fourth-order valence-corrected chi connectivity index (χ4v) is 2.48. The first kappa shape index (κ1) is 19.1. The van der Waals surface area contributed by atoms with Gasteiger partial charge in [0.15, 0.2) is 0 Å². The van der Waals surface area contributed by atoms with Crippen LogP contribution in [0.4, 0.5) is 0 Å². The molecule has 0 bridgehead atoms. The Morgan fingerprint density at radius 2 is 1.68 bits per heavy atom. The molecule has 0 aliphatic rings. The molecule has 0 spiro atoms. The lowest BCUT2D eigenvalue weighted by molar-refractivity contribution is 0.184. The van der Waals surface area contributed by atoms with Crippen molar-refractivity contribution in [3.63, 3.8) is 0 Å². The number of aliphatic hydroxyl groups is 1. The quantitative estimate of drug-likeness (QED) is 0.631. The number of methoxy groups -OCH3 is 1. The van der Waals surface area contributed by atoms with E-state index in [0.29, 0.717) is 0 Å². The largest absolute Gasteiger partial charge is 0.389 e. The number of unbranched alkanes of at least 4 members (excludes halogenated alkanes) is 2. The lowest BCUT2D eigenvalue weighted by Gasteiger charge is -2.05. The van der Waals surface area contributed by atoms with Crippen molar-refractivity contribution in [2.75, 3.05) is 13.7 Å². The first-order chi connectivity index (χ1) is 12.3. The average Bonchev–Trinajstić information content (AvgIpc) is 2.66. The predicted octanol–water partition coefficient (Wildman–Crippen LogP) is 4.83. The van der Waals surface area contributed by atoms with E-state index in [-0.39, 0.29) is 6.10 Å². The Labute approximate surface area is 150 Å². The summed E-state index contributed by atoms with van der Waals surface area (Å²) in [6.45, 7) is 0.799. The normalized spacial score (nSPS) is 12.9. The zero-order chi connectivity index (χ0) is 17.7. The van der Waals surface area contributed by atoms with E-state index in [1.165, 1.54) is 0 Å². The van der Waals surface area contributed by atoms with Gasteiger partial charge in [-0.2, -0.15) is 0 Å². The van der Waals surface area contributed by atoms with Gasteiger partial charge in [-0.25, -0.2) is 0 Å². The number of hydrogen-bond acceptors (Lipinski definition) is 3. The van der Waals surface area contributed by atoms with Gasteiger partial charge in [0.2, 0.25) is 0 Å². The first-order valence-electron chi connectivity index (χ1n) is 8.81. The molecule has 0 amide bonds. The Kier molecular flexibility index (Phi) is 8.67. The van der Waals surface area contributed by atoms with Crippen LogP contribution in [0.5, 0.6) is 0 Å². The number of pyridine rings is 1. The molecule has 1 unspecified atom stereocenters. The van der Waals surface area contributed by atoms with Gasteiger partial charge in [-0.15, -0.1) is 0 Å². The summed E-state index contributed by atoms with van der Waals surface area (Å²) in [6.07, 6.45) is 15.2. The van der Waals surface area contributed by atoms with Gasteiger partial charge in [-0.05, 0) is 35.6 Å². The fourth-order valence-electron chi connectivity index (χ4n) is 2.48. The average molecular weight is 337 g/mol. The van der Waals surface area contributed by atoms with Gasteiger partial charge in [0.25, 0.3) is 0 Å². The second kappa shape index (κ2) is 11.3. The Morgan fingerprint density at radius 1 is 0.960 bits per heavy atom. The summed E-state index contributed by atoms with van der Waals surface area (Å²) in [5.74, 6) is 0. The molecule has 132 valence electrons. The van der Waals surface area contributed by atoms with Gasteiger partial charge in [0.1, 0.15) is 0 Å². The zero-order valence-electron chi connectivity index (χ0n) is 14.8. The summed E-state index contributed by atoms with van der Waals surface area (Å²) in [4.78, 5) is 4.10. The van der Waals surface area contributed by atoms with Gasteiger partial charge in [0, 0.05) is 26.1 Å². The molecule has 1 N–H and O–H groups in total. The molecule has 25 heavy (non-hydrogen) atoms. The maximum Gasteiger partial charge on any atom is 0.0724 e. The van der Waals surface area contributed by atoms with Crippen molar-refractivity contribution in [1.82, 2.24) is 4.98 Å². The molecule has 0 aliphatic heterocycles. The van der Waals surface area contributed by atoms with E-state index in [4.69, 9.17) is 4.74 Å². The molecule has 1 heterocycles. The second-order valence-electron chi connectivity index (χ2n) is 6.05. The molecule has 0 saturated heterocycles. The summed E-state index contributed by atoms with van der Waals surface area (Å²) < 4.78 is 5.02. The number of ether oxygens (including phenoxy) is 1. The van der Waals surface area contributed by atoms with E-state index in [0.717, 1.165) is 49.0 Å². The van der Waals surface area contributed by atoms with E-state index in [9.17, 15) is 5.11 Å². The molecule has 0 radical (unpaired) electrons. The van der Waals surface area contributed by atoms with E-state index in [1.807, 2.05) is 36.6 Å². The monoisotopic (exact) mass is 337 g/mol. The summed E-state index contributed by atoms with van der Waals surface area (Å²) >= 11 is 0. The van der Waals surface area contributed by atoms with Crippen molar-refractivity contribution in [2.45, 2.75) is 31.8 Å². The Bertz CT molecular complexity index is 647. The van der Waals surface area contributed by atoms with Gasteiger partial charge < -0.3 is 9.84 Å². The highest BCUT2D eigenvalue weighted by molar-refractivity contribution is 5.69. The SMILES string of the molecule is COCCCCCC(O)/C=C/c1ccc(C=Cc2cccnc2)cc1. The van der Waals surface area contributed by atoms with Crippen molar-refractivity contribution >= 4 is 18.2 Å². The molecular formula is C22H27NO2. The van der Waals surface area contributed by atoms with Gasteiger partial charge in [0.05, 0.1) is 6.10 Å². The van der Waals surface area contributed by atoms with Crippen molar-refractivity contribution in [2.24, 2.45) is 0 Å². The number of benzene rings is 1. The van der Waals surface area contributed by atoms with Crippen LogP contribution in [0.15, 0.2) is 54.9 Å². The smallest absolute Gasteiger partial charge is 0.0724 e. The van der Waals surface area contributed by atoms with Crippen molar-refractivity contribution in [3.8, 4) is 0 Å². The van der Waals surface area contributed by atoms with Gasteiger partial charge in [-0.1, -0.05) is 67.5 Å². The zero-order valence-corrected chi connectivity index (χ0v) is 14.8. The molecule has 1 aromatic heterocycles. The van der Waals surface area contributed by atoms with Crippen LogP contribution < -0.4 is 0 Å². The van der Waals surface area contributed by atoms with E-state index < -0.39 is 0 Å². The molecule has 1 aromatic carbocycles. The van der Waals surface area contributed by atoms with Gasteiger partial charge in [-0.3, -0.25) is 4.98 Å². The third-order valence-corrected chi connectivity index (χ3v) is 3.95. The van der Waals surface area contributed by atoms with Crippen LogP contribution in [0.3, 0.4) is 0 Å². The van der Waals surface area contributed by atoms with Crippen LogP contribution >= 0.6 is 0 Å². The number of hydrogen-bond donors (Lipinski definition) is 1. The Morgan fingerprint density at radius 3 is 2.36 bits per heavy atom. The highest BCUT2D eigenvalue weighted by Gasteiger charge is 1.99. The van der Waals surface area contributed by atoms with Crippen LogP contribution in [-0.4, -0.2) is 29.9 Å². The minimum absolute atomic E-state index is 0.382. The first-order valence-corrected chi connectivity index (χ1v) is 8.81. The topological polar surface area (TPSA) is 42.4 Å². The third-order valence-electron chi connectivity index (χ3n) is 3.95. The van der Waals surface area contributed by atoms with Crippen molar-refractivity contribution in [1.29, 1.82) is 0 Å². The summed E-state index contributed by atoms with van der Waals surface area (Å²) in [5, 5.41) is 10.00. The maximum atomic E-state index is 10.00. The van der Waals surface area contributed by atoms with E-state index in [1.54, 1.807) is 13.3 Å². The molecule has 3 nitrogen and oxygen atoms in total. The molecule has 2 rings (SSSR count). The molecule has 2 aromatic rings. The van der Waals surface area contributed by atoms with Crippen molar-refractivity contribution < 1.29 is 9.84 Å². The standard InChI is InChI=1S/C22H27NO2/c1-25-17-4-2-3-7-22(24)15-14-20-10-8-19(9-11-20)12-13-21-6-5-16-23-18-21/h5-6,8-16,18,22,24H,2-4,7,17H2,1H3/b13-12?,15-14+. The van der Waals surface area contributed by atoms with Crippen LogP contribution in [-0.2, 0) is 4.74 Å². The Hall–Kier alpha value is -2.23. The van der Waals surface area contributed by atoms with Gasteiger partial charge >= 0.3 is 0 Å². The lowest BCUT2D eigenvalue weighted by Crippen LogP contribution is -2.01. The number of aliphatic hydroxyl groups excluding tert-OH is 1. The number of nitrogens with zero attached hydrogens (tertiary/aromatic N) is 1. The molecule has 3 heteroatoms. The third kappa shape index (κ3) is 7.92. The summed E-state index contributed by atoms with van der Waals surface area (Å²) in [7, 11) is 1.72. The van der Waals surface area contributed by atoms with Crippen LogP contribution in [0.1, 0.15) is 42.4 Å². The second-order valence-corrected chi connectivity index (χ2v) is 6.05. The number of aromatic nitrogens is 1. The number of rotatable bonds is 10. The molecule has 1 atom stereocenters. The highest BCUT2D eigenvalue weighted by atomic mass is 16.5. The summed E-state index contributed by atoms with van der Waals surface area (Å²) in [6, 6.07) is 12.2. The minimum atomic E-state index is -0.382. The molecule has 0 fully saturated rings. The Balaban J connectivity index is 1.78. The maximum absolute atomic E-state index is 10.00. The van der Waals surface area contributed by atoms with E-state index in [2.05, 4.69) is 35.3 Å².